The number of thiophene rings is 1. The molecular formula is C16H18ClNO2S. The largest absolute Gasteiger partial charge is 0.486 e. The summed E-state index contributed by atoms with van der Waals surface area (Å²) in [5.41, 5.74) is 2.47. The van der Waals surface area contributed by atoms with Gasteiger partial charge in [0.1, 0.15) is 13.2 Å². The van der Waals surface area contributed by atoms with Gasteiger partial charge in [-0.1, -0.05) is 11.6 Å². The first-order valence-electron chi connectivity index (χ1n) is 6.98. The van der Waals surface area contributed by atoms with Gasteiger partial charge in [-0.3, -0.25) is 0 Å². The molecule has 1 N–H and O–H groups in total. The first kappa shape index (κ1) is 14.7. The van der Waals surface area contributed by atoms with Crippen molar-refractivity contribution in [2.75, 3.05) is 13.2 Å². The van der Waals surface area contributed by atoms with Crippen LogP contribution >= 0.6 is 22.9 Å². The maximum atomic E-state index is 6.24. The van der Waals surface area contributed by atoms with Gasteiger partial charge in [-0.25, -0.2) is 0 Å². The van der Waals surface area contributed by atoms with Crippen molar-refractivity contribution in [2.24, 2.45) is 0 Å². The highest BCUT2D eigenvalue weighted by Gasteiger charge is 2.16. The Morgan fingerprint density at radius 2 is 1.95 bits per heavy atom. The Kier molecular flexibility index (Phi) is 4.38. The standard InChI is InChI=1S/C16H18ClNO2S/c1-10-5-13(21-11(10)2)9-18-8-12-6-14(17)16-15(7-12)19-3-4-20-16/h5-7,18H,3-4,8-9H2,1-2H3. The van der Waals surface area contributed by atoms with E-state index in [9.17, 15) is 0 Å². The molecule has 0 amide bonds. The first-order valence-corrected chi connectivity index (χ1v) is 8.17. The maximum absolute atomic E-state index is 6.24. The third-order valence-electron chi connectivity index (χ3n) is 3.50. The molecular weight excluding hydrogens is 306 g/mol. The van der Waals surface area contributed by atoms with E-state index in [0.29, 0.717) is 24.0 Å². The van der Waals surface area contributed by atoms with Gasteiger partial charge in [0.15, 0.2) is 11.5 Å². The van der Waals surface area contributed by atoms with Crippen LogP contribution in [0.3, 0.4) is 0 Å². The van der Waals surface area contributed by atoms with Crippen LogP contribution in [0.5, 0.6) is 11.5 Å². The van der Waals surface area contributed by atoms with Crippen molar-refractivity contribution in [3.63, 3.8) is 0 Å². The molecule has 3 rings (SSSR count). The second-order valence-corrected chi connectivity index (χ2v) is 6.91. The molecule has 0 unspecified atom stereocenters. The first-order chi connectivity index (χ1) is 10.1. The normalized spacial score (nSPS) is 13.5. The molecule has 5 heteroatoms. The minimum absolute atomic E-state index is 0.557. The summed E-state index contributed by atoms with van der Waals surface area (Å²) >= 11 is 8.08. The topological polar surface area (TPSA) is 30.5 Å². The van der Waals surface area contributed by atoms with Crippen LogP contribution in [0.2, 0.25) is 5.02 Å². The maximum Gasteiger partial charge on any atom is 0.179 e. The molecule has 0 saturated carbocycles. The Hall–Kier alpha value is -1.23. The SMILES string of the molecule is Cc1cc(CNCc2cc(Cl)c3c(c2)OCCO3)sc1C. The number of aryl methyl sites for hydroxylation is 2. The number of halogens is 1. The fourth-order valence-corrected chi connectivity index (χ4v) is 3.64. The van der Waals surface area contributed by atoms with Crippen molar-refractivity contribution in [2.45, 2.75) is 26.9 Å². The zero-order chi connectivity index (χ0) is 14.8. The molecule has 3 nitrogen and oxygen atoms in total. The molecule has 2 heterocycles. The van der Waals surface area contributed by atoms with Crippen LogP contribution in [-0.2, 0) is 13.1 Å². The van der Waals surface area contributed by atoms with Crippen molar-refractivity contribution in [3.8, 4) is 11.5 Å². The zero-order valence-corrected chi connectivity index (χ0v) is 13.7. The summed E-state index contributed by atoms with van der Waals surface area (Å²) in [7, 11) is 0. The number of hydrogen-bond acceptors (Lipinski definition) is 4. The summed E-state index contributed by atoms with van der Waals surface area (Å²) in [6, 6.07) is 6.18. The summed E-state index contributed by atoms with van der Waals surface area (Å²) in [5, 5.41) is 4.07. The van der Waals surface area contributed by atoms with E-state index in [1.165, 1.54) is 15.3 Å². The van der Waals surface area contributed by atoms with E-state index >= 15 is 0 Å². The number of hydrogen-bond donors (Lipinski definition) is 1. The fourth-order valence-electron chi connectivity index (χ4n) is 2.33. The van der Waals surface area contributed by atoms with E-state index in [1.807, 2.05) is 23.5 Å². The molecule has 0 radical (unpaired) electrons. The number of nitrogens with one attached hydrogen (secondary N) is 1. The number of benzene rings is 1. The van der Waals surface area contributed by atoms with Gasteiger partial charge in [-0.15, -0.1) is 11.3 Å². The second kappa shape index (κ2) is 6.26. The van der Waals surface area contributed by atoms with Gasteiger partial charge in [0.2, 0.25) is 0 Å². The van der Waals surface area contributed by atoms with E-state index in [2.05, 4.69) is 25.2 Å². The van der Waals surface area contributed by atoms with Crippen LogP contribution < -0.4 is 14.8 Å². The lowest BCUT2D eigenvalue weighted by Crippen LogP contribution is -2.17. The Bertz CT molecular complexity index is 634. The summed E-state index contributed by atoms with van der Waals surface area (Å²) in [4.78, 5) is 2.74. The van der Waals surface area contributed by atoms with E-state index in [0.717, 1.165) is 24.4 Å². The van der Waals surface area contributed by atoms with Crippen LogP contribution in [0.4, 0.5) is 0 Å². The lowest BCUT2D eigenvalue weighted by molar-refractivity contribution is 0.171. The molecule has 0 aliphatic carbocycles. The van der Waals surface area contributed by atoms with Crippen LogP contribution in [0, 0.1) is 13.8 Å². The third kappa shape index (κ3) is 3.34. The predicted octanol–water partition coefficient (Wildman–Crippen LogP) is 4.08. The minimum Gasteiger partial charge on any atom is -0.486 e. The average Bonchev–Trinajstić information content (AvgIpc) is 2.78. The molecule has 1 aliphatic heterocycles. The highest BCUT2D eigenvalue weighted by atomic mass is 35.5. The monoisotopic (exact) mass is 323 g/mol. The lowest BCUT2D eigenvalue weighted by Gasteiger charge is -2.20. The molecule has 2 aromatic rings. The van der Waals surface area contributed by atoms with Crippen molar-refractivity contribution in [3.05, 3.63) is 44.1 Å². The molecule has 112 valence electrons. The van der Waals surface area contributed by atoms with Gasteiger partial charge in [-0.05, 0) is 43.2 Å². The molecule has 0 bridgehead atoms. The van der Waals surface area contributed by atoms with Crippen molar-refractivity contribution < 1.29 is 9.47 Å². The number of rotatable bonds is 4. The molecule has 0 spiro atoms. The van der Waals surface area contributed by atoms with Crippen molar-refractivity contribution in [1.82, 2.24) is 5.32 Å². The molecule has 0 saturated heterocycles. The molecule has 21 heavy (non-hydrogen) atoms. The van der Waals surface area contributed by atoms with Gasteiger partial charge in [0.25, 0.3) is 0 Å². The predicted molar refractivity (Wildman–Crippen MR) is 86.8 cm³/mol. The highest BCUT2D eigenvalue weighted by molar-refractivity contribution is 7.12. The second-order valence-electron chi connectivity index (χ2n) is 5.16. The Labute approximate surface area is 133 Å². The molecule has 0 atom stereocenters. The van der Waals surface area contributed by atoms with Gasteiger partial charge < -0.3 is 14.8 Å². The van der Waals surface area contributed by atoms with E-state index in [-0.39, 0.29) is 0 Å². The summed E-state index contributed by atoms with van der Waals surface area (Å²) in [6.45, 7) is 7.06. The smallest absolute Gasteiger partial charge is 0.179 e. The minimum atomic E-state index is 0.557. The quantitative estimate of drug-likeness (QED) is 0.919. The van der Waals surface area contributed by atoms with Gasteiger partial charge in [0.05, 0.1) is 5.02 Å². The number of ether oxygens (including phenoxy) is 2. The Morgan fingerprint density at radius 1 is 1.14 bits per heavy atom. The number of fused-ring (bicyclic) bond motifs is 1. The average molecular weight is 324 g/mol. The van der Waals surface area contributed by atoms with Crippen LogP contribution in [0.15, 0.2) is 18.2 Å². The summed E-state index contributed by atoms with van der Waals surface area (Å²) < 4.78 is 11.1. The van der Waals surface area contributed by atoms with Crippen molar-refractivity contribution in [1.29, 1.82) is 0 Å². The molecule has 0 fully saturated rings. The molecule has 1 aromatic heterocycles. The zero-order valence-electron chi connectivity index (χ0n) is 12.2. The third-order valence-corrected chi connectivity index (χ3v) is 4.94. The Morgan fingerprint density at radius 3 is 2.71 bits per heavy atom. The van der Waals surface area contributed by atoms with Crippen LogP contribution in [0.25, 0.3) is 0 Å². The van der Waals surface area contributed by atoms with E-state index in [4.69, 9.17) is 21.1 Å². The van der Waals surface area contributed by atoms with Gasteiger partial charge >= 0.3 is 0 Å². The Balaban J connectivity index is 1.64. The molecule has 1 aromatic carbocycles. The van der Waals surface area contributed by atoms with E-state index in [1.54, 1.807) is 0 Å². The van der Waals surface area contributed by atoms with Crippen LogP contribution in [-0.4, -0.2) is 13.2 Å². The lowest BCUT2D eigenvalue weighted by atomic mass is 10.2. The van der Waals surface area contributed by atoms with Crippen molar-refractivity contribution >= 4 is 22.9 Å². The van der Waals surface area contributed by atoms with Gasteiger partial charge in [0, 0.05) is 22.8 Å². The van der Waals surface area contributed by atoms with Crippen LogP contribution in [0.1, 0.15) is 20.9 Å². The van der Waals surface area contributed by atoms with Gasteiger partial charge in [-0.2, -0.15) is 0 Å². The fraction of sp³-hybridized carbons (Fsp3) is 0.375. The highest BCUT2D eigenvalue weighted by Crippen LogP contribution is 2.38. The molecule has 1 aliphatic rings. The van der Waals surface area contributed by atoms with E-state index < -0.39 is 0 Å². The summed E-state index contributed by atoms with van der Waals surface area (Å²) in [5.74, 6) is 1.41. The summed E-state index contributed by atoms with van der Waals surface area (Å²) in [6.07, 6.45) is 0.